The molecule has 1 atom stereocenters. The Labute approximate surface area is 91.9 Å². The first-order valence-corrected chi connectivity index (χ1v) is 4.66. The van der Waals surface area contributed by atoms with Crippen molar-refractivity contribution >= 4 is 11.9 Å². The largest absolute Gasteiger partial charge is 0.481 e. The Morgan fingerprint density at radius 1 is 1.44 bits per heavy atom. The number of carbonyl (C=O) groups is 2. The maximum Gasteiger partial charge on any atom is 0.321 e. The van der Waals surface area contributed by atoms with E-state index in [0.717, 1.165) is 5.56 Å². The third-order valence-corrected chi connectivity index (χ3v) is 1.95. The van der Waals surface area contributed by atoms with Crippen molar-refractivity contribution < 1.29 is 19.8 Å². The lowest BCUT2D eigenvalue weighted by Crippen LogP contribution is -2.38. The van der Waals surface area contributed by atoms with Crippen LogP contribution in [0.15, 0.2) is 24.5 Å². The van der Waals surface area contributed by atoms with Gasteiger partial charge in [0.05, 0.1) is 6.42 Å². The van der Waals surface area contributed by atoms with Crippen molar-refractivity contribution in [2.75, 3.05) is 0 Å². The number of hydrogen-bond donors (Lipinski definition) is 3. The zero-order chi connectivity index (χ0) is 12.0. The smallest absolute Gasteiger partial charge is 0.321 e. The molecular weight excluding hydrogens is 212 g/mol. The standard InChI is InChI=1S/C10H12N2O4/c13-9(14)4-8(10(15)16)12-6-7-2-1-3-11-5-7/h1-3,5,8,12H,4,6H2,(H,13,14)(H,15,16). The molecule has 0 amide bonds. The first-order valence-electron chi connectivity index (χ1n) is 4.66. The van der Waals surface area contributed by atoms with Gasteiger partial charge in [-0.2, -0.15) is 0 Å². The van der Waals surface area contributed by atoms with Crippen molar-refractivity contribution in [1.29, 1.82) is 0 Å². The minimum Gasteiger partial charge on any atom is -0.481 e. The van der Waals surface area contributed by atoms with E-state index in [9.17, 15) is 9.59 Å². The molecule has 1 aromatic rings. The number of aliphatic carboxylic acids is 2. The number of carboxylic acid groups (broad SMARTS) is 2. The summed E-state index contributed by atoms with van der Waals surface area (Å²) in [5.74, 6) is -2.32. The van der Waals surface area contributed by atoms with Crippen LogP contribution < -0.4 is 5.32 Å². The van der Waals surface area contributed by atoms with Gasteiger partial charge in [-0.1, -0.05) is 6.07 Å². The molecule has 86 valence electrons. The quantitative estimate of drug-likeness (QED) is 0.633. The summed E-state index contributed by atoms with van der Waals surface area (Å²) in [5, 5.41) is 19.9. The Morgan fingerprint density at radius 2 is 2.19 bits per heavy atom. The first-order chi connectivity index (χ1) is 7.59. The molecule has 16 heavy (non-hydrogen) atoms. The Balaban J connectivity index is 2.50. The maximum atomic E-state index is 10.7. The second kappa shape index (κ2) is 5.82. The van der Waals surface area contributed by atoms with Crippen LogP contribution in [0.25, 0.3) is 0 Å². The minimum atomic E-state index is -1.17. The Morgan fingerprint density at radius 3 is 2.69 bits per heavy atom. The molecule has 1 heterocycles. The van der Waals surface area contributed by atoms with Crippen LogP contribution in [0, 0.1) is 0 Å². The predicted molar refractivity (Wildman–Crippen MR) is 54.8 cm³/mol. The van der Waals surface area contributed by atoms with Crippen molar-refractivity contribution in [3.05, 3.63) is 30.1 Å². The normalized spacial score (nSPS) is 12.0. The predicted octanol–water partition coefficient (Wildman–Crippen LogP) is 0.0991. The summed E-state index contributed by atoms with van der Waals surface area (Å²) in [5.41, 5.74) is 0.805. The SMILES string of the molecule is O=C(O)CC(NCc1cccnc1)C(=O)O. The van der Waals surface area contributed by atoms with E-state index in [2.05, 4.69) is 10.3 Å². The molecule has 0 aromatic carbocycles. The number of carboxylic acids is 2. The van der Waals surface area contributed by atoms with Gasteiger partial charge >= 0.3 is 11.9 Å². The van der Waals surface area contributed by atoms with Crippen molar-refractivity contribution in [3.63, 3.8) is 0 Å². The Bertz CT molecular complexity index is 366. The molecule has 1 aromatic heterocycles. The lowest BCUT2D eigenvalue weighted by atomic mass is 10.2. The highest BCUT2D eigenvalue weighted by molar-refractivity contribution is 5.80. The topological polar surface area (TPSA) is 99.5 Å². The van der Waals surface area contributed by atoms with Crippen LogP contribution in [0.2, 0.25) is 0 Å². The third kappa shape index (κ3) is 4.05. The first kappa shape index (κ1) is 12.1. The summed E-state index contributed by atoms with van der Waals surface area (Å²) in [4.78, 5) is 25.0. The highest BCUT2D eigenvalue weighted by Gasteiger charge is 2.19. The van der Waals surface area contributed by atoms with Crippen molar-refractivity contribution in [2.24, 2.45) is 0 Å². The van der Waals surface area contributed by atoms with Gasteiger partial charge in [0.1, 0.15) is 6.04 Å². The van der Waals surface area contributed by atoms with Crippen LogP contribution in [0.5, 0.6) is 0 Å². The van der Waals surface area contributed by atoms with Crippen LogP contribution in [0.1, 0.15) is 12.0 Å². The van der Waals surface area contributed by atoms with E-state index in [0.29, 0.717) is 0 Å². The van der Waals surface area contributed by atoms with Crippen LogP contribution >= 0.6 is 0 Å². The van der Waals surface area contributed by atoms with Gasteiger partial charge in [-0.15, -0.1) is 0 Å². The van der Waals surface area contributed by atoms with E-state index in [1.54, 1.807) is 24.5 Å². The van der Waals surface area contributed by atoms with E-state index in [1.165, 1.54) is 0 Å². The number of aromatic nitrogens is 1. The van der Waals surface area contributed by atoms with Gasteiger partial charge in [-0.05, 0) is 11.6 Å². The average molecular weight is 224 g/mol. The van der Waals surface area contributed by atoms with Gasteiger partial charge < -0.3 is 10.2 Å². The number of nitrogens with zero attached hydrogens (tertiary/aromatic N) is 1. The number of nitrogens with one attached hydrogen (secondary N) is 1. The zero-order valence-corrected chi connectivity index (χ0v) is 8.46. The number of rotatable bonds is 6. The van der Waals surface area contributed by atoms with Gasteiger partial charge in [0.15, 0.2) is 0 Å². The maximum absolute atomic E-state index is 10.7. The minimum absolute atomic E-state index is 0.276. The molecule has 0 saturated carbocycles. The molecular formula is C10H12N2O4. The molecule has 0 aliphatic heterocycles. The summed E-state index contributed by atoms with van der Waals surface area (Å²) in [6.07, 6.45) is 2.75. The van der Waals surface area contributed by atoms with Gasteiger partial charge in [0, 0.05) is 18.9 Å². The van der Waals surface area contributed by atoms with E-state index in [4.69, 9.17) is 10.2 Å². The summed E-state index contributed by atoms with van der Waals surface area (Å²) in [6.45, 7) is 0.276. The third-order valence-electron chi connectivity index (χ3n) is 1.95. The molecule has 0 fully saturated rings. The van der Waals surface area contributed by atoms with Gasteiger partial charge in [-0.25, -0.2) is 0 Å². The monoisotopic (exact) mass is 224 g/mol. The summed E-state index contributed by atoms with van der Waals surface area (Å²) >= 11 is 0. The highest BCUT2D eigenvalue weighted by atomic mass is 16.4. The van der Waals surface area contributed by atoms with Gasteiger partial charge in [0.2, 0.25) is 0 Å². The molecule has 6 heteroatoms. The fourth-order valence-electron chi connectivity index (χ4n) is 1.17. The number of pyridine rings is 1. The van der Waals surface area contributed by atoms with E-state index >= 15 is 0 Å². The highest BCUT2D eigenvalue weighted by Crippen LogP contribution is 1.98. The van der Waals surface area contributed by atoms with Crippen LogP contribution in [0.3, 0.4) is 0 Å². The lowest BCUT2D eigenvalue weighted by molar-refractivity contribution is -0.146. The fourth-order valence-corrected chi connectivity index (χ4v) is 1.17. The molecule has 1 unspecified atom stereocenters. The van der Waals surface area contributed by atoms with Crippen LogP contribution in [-0.2, 0) is 16.1 Å². The van der Waals surface area contributed by atoms with E-state index < -0.39 is 24.4 Å². The summed E-state index contributed by atoms with van der Waals surface area (Å²) in [7, 11) is 0. The fraction of sp³-hybridized carbons (Fsp3) is 0.300. The molecule has 0 spiro atoms. The van der Waals surface area contributed by atoms with Crippen molar-refractivity contribution in [1.82, 2.24) is 10.3 Å². The molecule has 1 rings (SSSR count). The molecule has 0 aliphatic rings. The van der Waals surface area contributed by atoms with Crippen molar-refractivity contribution in [3.8, 4) is 0 Å². The molecule has 0 saturated heterocycles. The van der Waals surface area contributed by atoms with Crippen LogP contribution in [0.4, 0.5) is 0 Å². The molecule has 3 N–H and O–H groups in total. The van der Waals surface area contributed by atoms with Gasteiger partial charge in [-0.3, -0.25) is 19.9 Å². The average Bonchev–Trinajstić information content (AvgIpc) is 2.25. The zero-order valence-electron chi connectivity index (χ0n) is 8.46. The Hall–Kier alpha value is -1.95. The van der Waals surface area contributed by atoms with Gasteiger partial charge in [0.25, 0.3) is 0 Å². The van der Waals surface area contributed by atoms with Crippen molar-refractivity contribution in [2.45, 2.75) is 19.0 Å². The second-order valence-electron chi connectivity index (χ2n) is 3.23. The number of hydrogen-bond acceptors (Lipinski definition) is 4. The van der Waals surface area contributed by atoms with E-state index in [1.807, 2.05) is 0 Å². The molecule has 6 nitrogen and oxygen atoms in total. The second-order valence-corrected chi connectivity index (χ2v) is 3.23. The summed E-state index contributed by atoms with van der Waals surface area (Å²) < 4.78 is 0. The lowest BCUT2D eigenvalue weighted by Gasteiger charge is -2.11. The molecule has 0 aliphatic carbocycles. The Kier molecular flexibility index (Phi) is 4.41. The van der Waals surface area contributed by atoms with E-state index in [-0.39, 0.29) is 6.54 Å². The summed E-state index contributed by atoms with van der Waals surface area (Å²) in [6, 6.07) is 2.42. The molecule has 0 radical (unpaired) electrons. The van der Waals surface area contributed by atoms with Crippen LogP contribution in [-0.4, -0.2) is 33.2 Å². The molecule has 0 bridgehead atoms.